The molecule has 0 radical (unpaired) electrons. The van der Waals surface area contributed by atoms with E-state index in [1.807, 2.05) is 36.4 Å². The lowest BCUT2D eigenvalue weighted by molar-refractivity contribution is -0.143. The van der Waals surface area contributed by atoms with E-state index in [1.54, 1.807) is 45.0 Å². The molecule has 1 unspecified atom stereocenters. The van der Waals surface area contributed by atoms with Gasteiger partial charge in [-0.3, -0.25) is 9.59 Å². The van der Waals surface area contributed by atoms with Crippen LogP contribution in [0, 0.1) is 5.41 Å². The lowest BCUT2D eigenvalue weighted by Crippen LogP contribution is -2.48. The van der Waals surface area contributed by atoms with Gasteiger partial charge < -0.3 is 15.2 Å². The largest absolute Gasteiger partial charge is 0.481 e. The minimum atomic E-state index is -1.20. The smallest absolute Gasteiger partial charge is 0.315 e. The van der Waals surface area contributed by atoms with Gasteiger partial charge in [-0.05, 0) is 31.9 Å². The number of aliphatic carboxylic acids is 1. The molecule has 2 aromatic rings. The molecule has 0 aliphatic carbocycles. The zero-order valence-corrected chi connectivity index (χ0v) is 16.1. The van der Waals surface area contributed by atoms with Gasteiger partial charge in [-0.1, -0.05) is 60.7 Å². The van der Waals surface area contributed by atoms with Gasteiger partial charge in [-0.2, -0.15) is 0 Å². The quantitative estimate of drug-likeness (QED) is 0.710. The highest BCUT2D eigenvalue weighted by Gasteiger charge is 2.37. The summed E-state index contributed by atoms with van der Waals surface area (Å²) in [5.41, 5.74) is -0.282. The van der Waals surface area contributed by atoms with E-state index < -0.39 is 16.8 Å². The fraction of sp³-hybridized carbons (Fsp3) is 0.364. The van der Waals surface area contributed by atoms with Crippen molar-refractivity contribution in [3.05, 3.63) is 71.8 Å². The number of carbonyl (C=O) groups is 2. The van der Waals surface area contributed by atoms with Crippen molar-refractivity contribution in [3.63, 3.8) is 0 Å². The van der Waals surface area contributed by atoms with Crippen LogP contribution in [0.4, 0.5) is 0 Å². The van der Waals surface area contributed by atoms with Crippen LogP contribution in [-0.2, 0) is 26.3 Å². The number of ether oxygens (including phenoxy) is 1. The van der Waals surface area contributed by atoms with Gasteiger partial charge in [0.2, 0.25) is 5.91 Å². The average molecular weight is 369 g/mol. The van der Waals surface area contributed by atoms with E-state index in [0.29, 0.717) is 12.2 Å². The van der Waals surface area contributed by atoms with Crippen molar-refractivity contribution in [3.8, 4) is 0 Å². The number of benzene rings is 2. The van der Waals surface area contributed by atoms with E-state index in [9.17, 15) is 14.7 Å². The van der Waals surface area contributed by atoms with Crippen LogP contribution in [0.15, 0.2) is 60.7 Å². The molecule has 2 aromatic carbocycles. The Hall–Kier alpha value is -2.66. The van der Waals surface area contributed by atoms with Crippen LogP contribution in [0.3, 0.4) is 0 Å². The molecule has 5 nitrogen and oxygen atoms in total. The van der Waals surface area contributed by atoms with E-state index in [2.05, 4.69) is 5.32 Å². The minimum Gasteiger partial charge on any atom is -0.481 e. The number of carbonyl (C=O) groups excluding carboxylic acids is 1. The topological polar surface area (TPSA) is 75.6 Å². The van der Waals surface area contributed by atoms with E-state index in [0.717, 1.165) is 5.56 Å². The Morgan fingerprint density at radius 1 is 0.963 bits per heavy atom. The summed E-state index contributed by atoms with van der Waals surface area (Å²) < 4.78 is 5.69. The molecular weight excluding hydrogens is 342 g/mol. The molecule has 0 saturated heterocycles. The average Bonchev–Trinajstić information content (AvgIpc) is 2.67. The van der Waals surface area contributed by atoms with Crippen LogP contribution in [0.5, 0.6) is 0 Å². The van der Waals surface area contributed by atoms with Crippen molar-refractivity contribution >= 4 is 11.9 Å². The Labute approximate surface area is 160 Å². The van der Waals surface area contributed by atoms with Crippen LogP contribution in [0.2, 0.25) is 0 Å². The lowest BCUT2D eigenvalue weighted by atomic mass is 9.82. The first-order chi connectivity index (χ1) is 12.8. The van der Waals surface area contributed by atoms with Gasteiger partial charge in [-0.15, -0.1) is 0 Å². The second-order valence-corrected chi connectivity index (χ2v) is 7.55. The summed E-state index contributed by atoms with van der Waals surface area (Å²) in [7, 11) is 0. The molecule has 0 spiro atoms. The van der Waals surface area contributed by atoms with Gasteiger partial charge in [0.15, 0.2) is 0 Å². The summed E-state index contributed by atoms with van der Waals surface area (Å²) in [6, 6.07) is 18.7. The molecule has 0 fully saturated rings. The normalized spacial score (nSPS) is 13.6. The molecular formula is C22H27NO4. The number of amides is 1. The summed E-state index contributed by atoms with van der Waals surface area (Å²) in [6.45, 7) is 5.86. The standard InChI is InChI=1S/C22H27NO4/c1-21(2,16-27-14-17-10-6-4-7-11-17)19(24)23-15-22(3,20(25)26)18-12-8-5-9-13-18/h4-13H,14-16H2,1-3H3,(H,23,24)(H,25,26). The zero-order valence-electron chi connectivity index (χ0n) is 16.1. The second kappa shape index (κ2) is 8.82. The molecule has 0 bridgehead atoms. The highest BCUT2D eigenvalue weighted by Crippen LogP contribution is 2.24. The number of carboxylic acids is 1. The van der Waals surface area contributed by atoms with Gasteiger partial charge in [0.1, 0.15) is 5.41 Å². The van der Waals surface area contributed by atoms with Crippen LogP contribution >= 0.6 is 0 Å². The molecule has 0 aliphatic rings. The fourth-order valence-electron chi connectivity index (χ4n) is 2.67. The summed E-state index contributed by atoms with van der Waals surface area (Å²) in [5, 5.41) is 12.5. The number of nitrogens with one attached hydrogen (secondary N) is 1. The number of rotatable bonds is 9. The number of hydrogen-bond acceptors (Lipinski definition) is 3. The number of carboxylic acid groups (broad SMARTS) is 1. The van der Waals surface area contributed by atoms with Crippen molar-refractivity contribution in [1.29, 1.82) is 0 Å². The van der Waals surface area contributed by atoms with Crippen LogP contribution in [-0.4, -0.2) is 30.1 Å². The molecule has 0 aliphatic heterocycles. The third-order valence-corrected chi connectivity index (χ3v) is 4.67. The minimum absolute atomic E-state index is 0.00724. The number of hydrogen-bond donors (Lipinski definition) is 2. The first-order valence-electron chi connectivity index (χ1n) is 8.94. The van der Waals surface area contributed by atoms with Crippen molar-refractivity contribution in [2.45, 2.75) is 32.8 Å². The Morgan fingerprint density at radius 3 is 2.07 bits per heavy atom. The predicted octanol–water partition coefficient (Wildman–Crippen LogP) is 3.39. The molecule has 0 aromatic heterocycles. The maximum Gasteiger partial charge on any atom is 0.315 e. The molecule has 2 rings (SSSR count). The third kappa shape index (κ3) is 5.41. The molecule has 27 heavy (non-hydrogen) atoms. The van der Waals surface area contributed by atoms with Gasteiger partial charge in [0.05, 0.1) is 18.6 Å². The SMILES string of the molecule is CC(C)(COCc1ccccc1)C(=O)NCC(C)(C(=O)O)c1ccccc1. The summed E-state index contributed by atoms with van der Waals surface area (Å²) >= 11 is 0. The first kappa shape index (κ1) is 20.6. The van der Waals surface area contributed by atoms with Crippen LogP contribution < -0.4 is 5.32 Å². The van der Waals surface area contributed by atoms with Crippen molar-refractivity contribution in [2.75, 3.05) is 13.2 Å². The molecule has 1 atom stereocenters. The van der Waals surface area contributed by atoms with Gasteiger partial charge in [-0.25, -0.2) is 0 Å². The first-order valence-corrected chi connectivity index (χ1v) is 8.94. The van der Waals surface area contributed by atoms with E-state index in [-0.39, 0.29) is 19.1 Å². The van der Waals surface area contributed by atoms with E-state index in [4.69, 9.17) is 4.74 Å². The van der Waals surface area contributed by atoms with Crippen LogP contribution in [0.1, 0.15) is 31.9 Å². The highest BCUT2D eigenvalue weighted by molar-refractivity contribution is 5.85. The Kier molecular flexibility index (Phi) is 6.75. The summed E-state index contributed by atoms with van der Waals surface area (Å²) in [5.74, 6) is -1.22. The molecule has 2 N–H and O–H groups in total. The van der Waals surface area contributed by atoms with E-state index >= 15 is 0 Å². The fourth-order valence-corrected chi connectivity index (χ4v) is 2.67. The van der Waals surface area contributed by atoms with Gasteiger partial charge >= 0.3 is 5.97 Å². The van der Waals surface area contributed by atoms with Gasteiger partial charge in [0, 0.05) is 6.54 Å². The van der Waals surface area contributed by atoms with E-state index in [1.165, 1.54) is 0 Å². The summed E-state index contributed by atoms with van der Waals surface area (Å²) in [4.78, 5) is 24.5. The van der Waals surface area contributed by atoms with Crippen molar-refractivity contribution in [1.82, 2.24) is 5.32 Å². The van der Waals surface area contributed by atoms with Crippen molar-refractivity contribution in [2.24, 2.45) is 5.41 Å². The molecule has 0 heterocycles. The molecule has 1 amide bonds. The summed E-state index contributed by atoms with van der Waals surface area (Å²) in [6.07, 6.45) is 0. The molecule has 0 saturated carbocycles. The second-order valence-electron chi connectivity index (χ2n) is 7.55. The highest BCUT2D eigenvalue weighted by atomic mass is 16.5. The monoisotopic (exact) mass is 369 g/mol. The maximum atomic E-state index is 12.6. The van der Waals surface area contributed by atoms with Crippen LogP contribution in [0.25, 0.3) is 0 Å². The third-order valence-electron chi connectivity index (χ3n) is 4.67. The van der Waals surface area contributed by atoms with Gasteiger partial charge in [0.25, 0.3) is 0 Å². The Bertz CT molecular complexity index is 758. The molecule has 5 heteroatoms. The lowest BCUT2D eigenvalue weighted by Gasteiger charge is -2.29. The Morgan fingerprint density at radius 2 is 1.52 bits per heavy atom. The maximum absolute atomic E-state index is 12.6. The van der Waals surface area contributed by atoms with Crippen molar-refractivity contribution < 1.29 is 19.4 Å². The zero-order chi connectivity index (χ0) is 19.9. The Balaban J connectivity index is 1.94. The molecule has 144 valence electrons. The predicted molar refractivity (Wildman–Crippen MR) is 104 cm³/mol.